The summed E-state index contributed by atoms with van der Waals surface area (Å²) in [5, 5.41) is 17.1. The van der Waals surface area contributed by atoms with Crippen molar-refractivity contribution in [1.82, 2.24) is 5.16 Å². The highest BCUT2D eigenvalue weighted by Crippen LogP contribution is 2.54. The van der Waals surface area contributed by atoms with Crippen LogP contribution in [0.15, 0.2) is 59.1 Å². The number of ether oxygens (including phenoxy) is 3. The molecule has 218 valence electrons. The maximum Gasteiger partial charge on any atom is 0.337 e. The van der Waals surface area contributed by atoms with Crippen molar-refractivity contribution in [2.45, 2.75) is 49.7 Å². The lowest BCUT2D eigenvalue weighted by Gasteiger charge is -2.45. The predicted octanol–water partition coefficient (Wildman–Crippen LogP) is 8.32. The van der Waals surface area contributed by atoms with Crippen molar-refractivity contribution in [2.75, 3.05) is 14.2 Å². The van der Waals surface area contributed by atoms with E-state index in [4.69, 9.17) is 53.5 Å². The first kappa shape index (κ1) is 28.9. The van der Waals surface area contributed by atoms with Crippen molar-refractivity contribution in [1.29, 1.82) is 0 Å². The van der Waals surface area contributed by atoms with E-state index < -0.39 is 11.6 Å². The van der Waals surface area contributed by atoms with Crippen LogP contribution in [0, 0.1) is 0 Å². The van der Waals surface area contributed by atoms with Crippen LogP contribution in [0.5, 0.6) is 11.5 Å². The summed E-state index contributed by atoms with van der Waals surface area (Å²) in [5.41, 5.74) is 2.74. The van der Waals surface area contributed by atoms with Gasteiger partial charge in [0.15, 0.2) is 0 Å². The lowest BCUT2D eigenvalue weighted by Crippen LogP contribution is -2.40. The molecule has 1 N–H and O–H groups in total. The number of nitrogens with zero attached hydrogens (tertiary/aromatic N) is 1. The number of benzene rings is 3. The molecule has 2 aliphatic rings. The van der Waals surface area contributed by atoms with Crippen molar-refractivity contribution in [3.63, 3.8) is 0 Å². The van der Waals surface area contributed by atoms with Gasteiger partial charge >= 0.3 is 5.97 Å². The molecule has 1 heterocycles. The molecule has 0 aliphatic heterocycles. The topological polar surface area (TPSA) is 91.0 Å². The van der Waals surface area contributed by atoms with Gasteiger partial charge in [-0.3, -0.25) is 0 Å². The molecule has 2 fully saturated rings. The zero-order chi connectivity index (χ0) is 29.6. The van der Waals surface area contributed by atoms with Gasteiger partial charge in [-0.05, 0) is 79.6 Å². The summed E-state index contributed by atoms with van der Waals surface area (Å²) < 4.78 is 22.3. The average Bonchev–Trinajstić information content (AvgIpc) is 3.73. The Balaban J connectivity index is 1.20. The molecule has 2 aliphatic carbocycles. The van der Waals surface area contributed by atoms with Crippen LogP contribution in [-0.4, -0.2) is 30.5 Å². The highest BCUT2D eigenvalue weighted by atomic mass is 35.5. The minimum atomic E-state index is -1.13. The molecule has 0 radical (unpaired) electrons. The molecular weight excluding hydrogens is 601 g/mol. The first-order chi connectivity index (χ1) is 20.2. The van der Waals surface area contributed by atoms with Crippen molar-refractivity contribution >= 4 is 40.8 Å². The van der Waals surface area contributed by atoms with Gasteiger partial charge in [0.05, 0.1) is 46.0 Å². The molecule has 6 rings (SSSR count). The maximum absolute atomic E-state index is 12.1. The van der Waals surface area contributed by atoms with Gasteiger partial charge in [-0.15, -0.1) is 0 Å². The quantitative estimate of drug-likeness (QED) is 0.186. The molecule has 42 heavy (non-hydrogen) atoms. The standard InChI is InChI=1S/C32H28Cl3NO6/c1-39-27-11-8-18(31(37)40-2)12-21(27)19-14-32(38,15-19)23-10-9-20(13-26(23)35)41-16-22-29(36-42-30(22)17-6-7-17)28-24(33)4-3-5-25(28)34/h3-5,8-13,17,19,38H,6-7,14-16H2,1-2H3. The molecule has 0 spiro atoms. The zero-order valence-electron chi connectivity index (χ0n) is 23.0. The largest absolute Gasteiger partial charge is 0.496 e. The van der Waals surface area contributed by atoms with E-state index in [0.29, 0.717) is 67.7 Å². The van der Waals surface area contributed by atoms with E-state index >= 15 is 0 Å². The molecule has 3 aromatic carbocycles. The first-order valence-electron chi connectivity index (χ1n) is 13.6. The van der Waals surface area contributed by atoms with Gasteiger partial charge in [0.2, 0.25) is 0 Å². The molecule has 0 amide bonds. The third-order valence-electron chi connectivity index (χ3n) is 8.05. The van der Waals surface area contributed by atoms with Crippen LogP contribution in [0.3, 0.4) is 0 Å². The van der Waals surface area contributed by atoms with Gasteiger partial charge < -0.3 is 23.8 Å². The Bertz CT molecular complexity index is 1640. The Morgan fingerprint density at radius 2 is 1.74 bits per heavy atom. The normalized spacial score (nSPS) is 19.7. The number of carbonyl (C=O) groups excluding carboxylic acids is 1. The summed E-state index contributed by atoms with van der Waals surface area (Å²) in [6, 6.07) is 15.8. The van der Waals surface area contributed by atoms with Crippen molar-refractivity contribution in [3.05, 3.63) is 97.7 Å². The van der Waals surface area contributed by atoms with Gasteiger partial charge in [0.1, 0.15) is 29.6 Å². The lowest BCUT2D eigenvalue weighted by atomic mass is 9.64. The molecule has 0 saturated heterocycles. The summed E-state index contributed by atoms with van der Waals surface area (Å²) in [4.78, 5) is 12.1. The molecule has 7 nitrogen and oxygen atoms in total. The van der Waals surface area contributed by atoms with Crippen molar-refractivity contribution in [3.8, 4) is 22.8 Å². The lowest BCUT2D eigenvalue weighted by molar-refractivity contribution is -0.0553. The Labute approximate surface area is 258 Å². The van der Waals surface area contributed by atoms with Crippen molar-refractivity contribution < 1.29 is 28.6 Å². The number of aromatic nitrogens is 1. The highest BCUT2D eigenvalue weighted by molar-refractivity contribution is 6.39. The van der Waals surface area contributed by atoms with E-state index in [1.165, 1.54) is 7.11 Å². The van der Waals surface area contributed by atoms with Gasteiger partial charge in [-0.25, -0.2) is 4.79 Å². The summed E-state index contributed by atoms with van der Waals surface area (Å²) in [6.07, 6.45) is 2.89. The van der Waals surface area contributed by atoms with Crippen LogP contribution < -0.4 is 9.47 Å². The van der Waals surface area contributed by atoms with Crippen LogP contribution in [-0.2, 0) is 16.9 Å². The summed E-state index contributed by atoms with van der Waals surface area (Å²) in [5.74, 6) is 1.82. The third kappa shape index (κ3) is 5.35. The number of hydrogen-bond acceptors (Lipinski definition) is 7. The second-order valence-electron chi connectivity index (χ2n) is 10.8. The van der Waals surface area contributed by atoms with E-state index in [1.807, 2.05) is 0 Å². The SMILES string of the molecule is COC(=O)c1ccc(OC)c(C2CC(O)(c3ccc(OCc4c(-c5c(Cl)cccc5Cl)noc4C4CC4)cc3Cl)C2)c1. The maximum atomic E-state index is 12.1. The van der Waals surface area contributed by atoms with Crippen molar-refractivity contribution in [2.24, 2.45) is 0 Å². The van der Waals surface area contributed by atoms with Crippen LogP contribution in [0.4, 0.5) is 0 Å². The number of esters is 1. The summed E-state index contributed by atoms with van der Waals surface area (Å²) >= 11 is 19.6. The van der Waals surface area contributed by atoms with E-state index in [2.05, 4.69) is 5.16 Å². The summed E-state index contributed by atoms with van der Waals surface area (Å²) in [7, 11) is 2.92. The van der Waals surface area contributed by atoms with Gasteiger partial charge in [0.25, 0.3) is 0 Å². The first-order valence-corrected chi connectivity index (χ1v) is 14.7. The number of methoxy groups -OCH3 is 2. The molecule has 2 saturated carbocycles. The molecule has 10 heteroatoms. The fourth-order valence-electron chi connectivity index (χ4n) is 5.66. The van der Waals surface area contributed by atoms with Gasteiger partial charge in [-0.2, -0.15) is 0 Å². The molecule has 0 bridgehead atoms. The number of carbonyl (C=O) groups is 1. The van der Waals surface area contributed by atoms with E-state index in [9.17, 15) is 9.90 Å². The minimum Gasteiger partial charge on any atom is -0.496 e. The molecule has 4 aromatic rings. The Hall–Kier alpha value is -3.23. The molecular formula is C32H28Cl3NO6. The summed E-state index contributed by atoms with van der Waals surface area (Å²) in [6.45, 7) is 0.185. The molecule has 0 atom stereocenters. The number of rotatable bonds is 9. The second kappa shape index (κ2) is 11.5. The Morgan fingerprint density at radius 1 is 1.00 bits per heavy atom. The van der Waals surface area contributed by atoms with E-state index in [1.54, 1.807) is 61.7 Å². The number of aliphatic hydroxyl groups is 1. The van der Waals surface area contributed by atoms with Crippen LogP contribution in [0.25, 0.3) is 11.3 Å². The van der Waals surface area contributed by atoms with Gasteiger partial charge in [-0.1, -0.05) is 52.1 Å². The molecule has 1 aromatic heterocycles. The predicted molar refractivity (Wildman–Crippen MR) is 160 cm³/mol. The monoisotopic (exact) mass is 627 g/mol. The minimum absolute atomic E-state index is 0.0222. The Morgan fingerprint density at radius 3 is 2.38 bits per heavy atom. The van der Waals surface area contributed by atoms with Gasteiger partial charge in [0, 0.05) is 17.0 Å². The second-order valence-corrected chi connectivity index (χ2v) is 12.0. The van der Waals surface area contributed by atoms with Crippen LogP contribution >= 0.6 is 34.8 Å². The third-order valence-corrected chi connectivity index (χ3v) is 8.99. The number of halogens is 3. The smallest absolute Gasteiger partial charge is 0.337 e. The zero-order valence-corrected chi connectivity index (χ0v) is 25.2. The fraction of sp³-hybridized carbons (Fsp3) is 0.312. The Kier molecular flexibility index (Phi) is 7.87. The van der Waals surface area contributed by atoms with Crippen LogP contribution in [0.1, 0.15) is 70.3 Å². The fourth-order valence-corrected chi connectivity index (χ4v) is 6.58. The highest BCUT2D eigenvalue weighted by Gasteiger charge is 2.46. The molecule has 0 unspecified atom stereocenters. The van der Waals surface area contributed by atoms with E-state index in [-0.39, 0.29) is 12.5 Å². The number of hydrogen-bond donors (Lipinski definition) is 1. The average molecular weight is 629 g/mol. The van der Waals surface area contributed by atoms with Crippen LogP contribution in [0.2, 0.25) is 15.1 Å². The van der Waals surface area contributed by atoms with E-state index in [0.717, 1.165) is 29.7 Å².